The summed E-state index contributed by atoms with van der Waals surface area (Å²) in [6, 6.07) is 14.7. The quantitative estimate of drug-likeness (QED) is 0.506. The van der Waals surface area contributed by atoms with Crippen molar-refractivity contribution in [3.63, 3.8) is 0 Å². The van der Waals surface area contributed by atoms with Crippen LogP contribution >= 0.6 is 0 Å². The van der Waals surface area contributed by atoms with Crippen molar-refractivity contribution in [2.24, 2.45) is 0 Å². The van der Waals surface area contributed by atoms with Gasteiger partial charge in [0.05, 0.1) is 42.7 Å². The molecule has 0 radical (unpaired) electrons. The van der Waals surface area contributed by atoms with Crippen LogP contribution in [-0.2, 0) is 0 Å². The third-order valence-corrected chi connectivity index (χ3v) is 4.89. The second-order valence-corrected chi connectivity index (χ2v) is 6.93. The Bertz CT molecular complexity index is 1260. The Labute approximate surface area is 200 Å². The molecule has 0 bridgehead atoms. The van der Waals surface area contributed by atoms with Crippen molar-refractivity contribution in [3.8, 4) is 58.2 Å². The van der Waals surface area contributed by atoms with Crippen molar-refractivity contribution in [1.29, 1.82) is 0 Å². The van der Waals surface area contributed by atoms with Gasteiger partial charge in [0.25, 0.3) is 0 Å². The topological polar surface area (TPSA) is 55.4 Å². The zero-order valence-electron chi connectivity index (χ0n) is 20.1. The Balaban J connectivity index is 1.96. The van der Waals surface area contributed by atoms with Crippen molar-refractivity contribution in [3.05, 3.63) is 70.8 Å². The Morgan fingerprint density at radius 3 is 1.35 bits per heavy atom. The molecule has 0 spiro atoms. The first-order valence-corrected chi connectivity index (χ1v) is 10.3. The van der Waals surface area contributed by atoms with E-state index in [1.165, 1.54) is 0 Å². The Kier molecular flexibility index (Phi) is 8.16. The van der Waals surface area contributed by atoms with Crippen molar-refractivity contribution in [2.75, 3.05) is 42.7 Å². The van der Waals surface area contributed by atoms with Gasteiger partial charge in [-0.3, -0.25) is 0 Å². The summed E-state index contributed by atoms with van der Waals surface area (Å²) in [7, 11) is 9.50. The maximum Gasteiger partial charge on any atom is 0.203 e. The van der Waals surface area contributed by atoms with Crippen LogP contribution < -0.4 is 28.4 Å². The highest BCUT2D eigenvalue weighted by molar-refractivity contribution is 5.59. The van der Waals surface area contributed by atoms with Crippen molar-refractivity contribution in [1.82, 2.24) is 0 Å². The Morgan fingerprint density at radius 1 is 0.412 bits per heavy atom. The number of rotatable bonds is 6. The molecule has 0 aromatic heterocycles. The van der Waals surface area contributed by atoms with E-state index in [1.807, 2.05) is 36.4 Å². The lowest BCUT2D eigenvalue weighted by atomic mass is 10.1. The Morgan fingerprint density at radius 2 is 0.882 bits per heavy atom. The summed E-state index contributed by atoms with van der Waals surface area (Å²) in [6.45, 7) is 0. The van der Waals surface area contributed by atoms with E-state index in [1.54, 1.807) is 54.8 Å². The fourth-order valence-corrected chi connectivity index (χ4v) is 3.22. The molecular weight excluding hydrogens is 432 g/mol. The third kappa shape index (κ3) is 5.68. The lowest BCUT2D eigenvalue weighted by Crippen LogP contribution is -1.95. The SMILES string of the molecule is COc1cc(C#Cc2ccc(OC)c(OC)c2)cc(C#Cc2cc(OC)c(OC)c(OC)c2)c1. The van der Waals surface area contributed by atoms with Gasteiger partial charge in [0.1, 0.15) is 5.75 Å². The standard InChI is InChI=1S/C28H26O6/c1-29-23-14-20(8-7-19-11-12-24(30-2)25(16-19)31-3)13-21(15-23)9-10-22-17-26(32-4)28(34-6)27(18-22)33-5/h11-18H,1-6H3. The van der Waals surface area contributed by atoms with E-state index in [0.29, 0.717) is 34.5 Å². The number of methoxy groups -OCH3 is 6. The van der Waals surface area contributed by atoms with Crippen LogP contribution in [-0.4, -0.2) is 42.7 Å². The van der Waals surface area contributed by atoms with Gasteiger partial charge in [0.2, 0.25) is 5.75 Å². The van der Waals surface area contributed by atoms with Gasteiger partial charge in [-0.2, -0.15) is 0 Å². The molecule has 0 unspecified atom stereocenters. The fraction of sp³-hybridized carbons (Fsp3) is 0.214. The van der Waals surface area contributed by atoms with Gasteiger partial charge in [0, 0.05) is 22.3 Å². The predicted molar refractivity (Wildman–Crippen MR) is 131 cm³/mol. The highest BCUT2D eigenvalue weighted by Crippen LogP contribution is 2.38. The minimum absolute atomic E-state index is 0.518. The molecule has 174 valence electrons. The number of benzene rings is 3. The van der Waals surface area contributed by atoms with Crippen LogP contribution in [0.2, 0.25) is 0 Å². The Hall–Kier alpha value is -4.42. The second-order valence-electron chi connectivity index (χ2n) is 6.93. The molecule has 3 aromatic rings. The largest absolute Gasteiger partial charge is 0.497 e. The molecule has 0 aliphatic carbocycles. The average Bonchev–Trinajstić information content (AvgIpc) is 2.89. The first-order valence-electron chi connectivity index (χ1n) is 10.3. The molecule has 0 amide bonds. The highest BCUT2D eigenvalue weighted by Gasteiger charge is 2.12. The smallest absolute Gasteiger partial charge is 0.203 e. The van der Waals surface area contributed by atoms with Crippen molar-refractivity contribution < 1.29 is 28.4 Å². The summed E-state index contributed by atoms with van der Waals surface area (Å²) in [5.74, 6) is 16.1. The van der Waals surface area contributed by atoms with Crippen LogP contribution in [0.3, 0.4) is 0 Å². The van der Waals surface area contributed by atoms with Crippen molar-refractivity contribution >= 4 is 0 Å². The predicted octanol–water partition coefficient (Wildman–Crippen LogP) is 4.54. The summed E-state index contributed by atoms with van der Waals surface area (Å²) >= 11 is 0. The fourth-order valence-electron chi connectivity index (χ4n) is 3.22. The minimum atomic E-state index is 0.518. The molecule has 0 saturated carbocycles. The number of hydrogen-bond acceptors (Lipinski definition) is 6. The first-order chi connectivity index (χ1) is 16.5. The van der Waals surface area contributed by atoms with Gasteiger partial charge in [-0.25, -0.2) is 0 Å². The van der Waals surface area contributed by atoms with Crippen LogP contribution in [0, 0.1) is 23.7 Å². The second kappa shape index (κ2) is 11.4. The molecule has 0 aliphatic rings. The van der Waals surface area contributed by atoms with E-state index < -0.39 is 0 Å². The summed E-state index contributed by atoms with van der Waals surface area (Å²) in [4.78, 5) is 0. The molecule has 3 aromatic carbocycles. The monoisotopic (exact) mass is 458 g/mol. The van der Waals surface area contributed by atoms with E-state index in [4.69, 9.17) is 28.4 Å². The zero-order valence-corrected chi connectivity index (χ0v) is 20.1. The molecule has 0 atom stereocenters. The molecule has 0 fully saturated rings. The normalized spacial score (nSPS) is 9.59. The summed E-state index contributed by atoms with van der Waals surface area (Å²) < 4.78 is 32.2. The van der Waals surface area contributed by atoms with Gasteiger partial charge in [-0.1, -0.05) is 23.7 Å². The van der Waals surface area contributed by atoms with Crippen LogP contribution in [0.15, 0.2) is 48.5 Å². The van der Waals surface area contributed by atoms with Gasteiger partial charge in [0.15, 0.2) is 23.0 Å². The van der Waals surface area contributed by atoms with Gasteiger partial charge >= 0.3 is 0 Å². The molecule has 34 heavy (non-hydrogen) atoms. The van der Waals surface area contributed by atoms with E-state index in [9.17, 15) is 0 Å². The van der Waals surface area contributed by atoms with Crippen LogP contribution in [0.1, 0.15) is 22.3 Å². The maximum absolute atomic E-state index is 5.44. The van der Waals surface area contributed by atoms with E-state index in [-0.39, 0.29) is 0 Å². The van der Waals surface area contributed by atoms with E-state index >= 15 is 0 Å². The lowest BCUT2D eigenvalue weighted by Gasteiger charge is -2.12. The molecular formula is C28H26O6. The molecule has 0 aliphatic heterocycles. The summed E-state index contributed by atoms with van der Waals surface area (Å²) in [5.41, 5.74) is 3.04. The molecule has 0 N–H and O–H groups in total. The average molecular weight is 459 g/mol. The maximum atomic E-state index is 5.44. The third-order valence-electron chi connectivity index (χ3n) is 4.89. The molecule has 3 rings (SSSR count). The van der Waals surface area contributed by atoms with E-state index in [0.717, 1.165) is 22.3 Å². The number of hydrogen-bond donors (Lipinski definition) is 0. The molecule has 6 heteroatoms. The minimum Gasteiger partial charge on any atom is -0.497 e. The van der Waals surface area contributed by atoms with E-state index in [2.05, 4.69) is 23.7 Å². The van der Waals surface area contributed by atoms with Crippen LogP contribution in [0.4, 0.5) is 0 Å². The summed E-state index contributed by atoms with van der Waals surface area (Å²) in [5, 5.41) is 0. The van der Waals surface area contributed by atoms with Gasteiger partial charge in [-0.15, -0.1) is 0 Å². The summed E-state index contributed by atoms with van der Waals surface area (Å²) in [6.07, 6.45) is 0. The zero-order chi connectivity index (χ0) is 24.5. The molecule has 0 saturated heterocycles. The molecule has 0 heterocycles. The lowest BCUT2D eigenvalue weighted by molar-refractivity contribution is 0.324. The van der Waals surface area contributed by atoms with Gasteiger partial charge < -0.3 is 28.4 Å². The van der Waals surface area contributed by atoms with Crippen molar-refractivity contribution in [2.45, 2.75) is 0 Å². The highest BCUT2D eigenvalue weighted by atomic mass is 16.5. The first kappa shape index (κ1) is 24.2. The van der Waals surface area contributed by atoms with Crippen LogP contribution in [0.25, 0.3) is 0 Å². The number of ether oxygens (including phenoxy) is 6. The molecule has 6 nitrogen and oxygen atoms in total. The van der Waals surface area contributed by atoms with Gasteiger partial charge in [-0.05, 0) is 48.5 Å². The van der Waals surface area contributed by atoms with Crippen LogP contribution in [0.5, 0.6) is 34.5 Å².